The summed E-state index contributed by atoms with van der Waals surface area (Å²) < 4.78 is 1.59. The van der Waals surface area contributed by atoms with E-state index in [2.05, 4.69) is 5.10 Å². The van der Waals surface area contributed by atoms with Gasteiger partial charge < -0.3 is 4.90 Å². The van der Waals surface area contributed by atoms with Crippen molar-refractivity contribution in [2.45, 2.75) is 33.1 Å². The van der Waals surface area contributed by atoms with Crippen LogP contribution in [0.1, 0.15) is 32.4 Å². The van der Waals surface area contributed by atoms with Crippen molar-refractivity contribution in [2.24, 2.45) is 13.0 Å². The van der Waals surface area contributed by atoms with Gasteiger partial charge in [-0.3, -0.25) is 14.9 Å². The maximum atomic E-state index is 11.4. The summed E-state index contributed by atoms with van der Waals surface area (Å²) in [4.78, 5) is 24.3. The van der Waals surface area contributed by atoms with Gasteiger partial charge in [0.1, 0.15) is 11.5 Å². The number of aryl methyl sites for hydroxylation is 2. The van der Waals surface area contributed by atoms with Gasteiger partial charge in [-0.15, -0.1) is 0 Å². The third-order valence-electron chi connectivity index (χ3n) is 3.95. The van der Waals surface area contributed by atoms with Crippen molar-refractivity contribution in [3.8, 4) is 0 Å². The van der Waals surface area contributed by atoms with Crippen LogP contribution in [0.2, 0.25) is 0 Å². The number of carbonyl (C=O) groups excluding carboxylic acids is 1. The lowest BCUT2D eigenvalue weighted by molar-refractivity contribution is -0.384. The Morgan fingerprint density at radius 2 is 2.05 bits per heavy atom. The zero-order chi connectivity index (χ0) is 14.9. The van der Waals surface area contributed by atoms with Crippen molar-refractivity contribution >= 4 is 17.3 Å². The van der Waals surface area contributed by atoms with Crippen LogP contribution in [0.3, 0.4) is 0 Å². The first-order chi connectivity index (χ1) is 9.45. The lowest BCUT2D eigenvalue weighted by Gasteiger charge is -2.31. The number of Topliss-reactive ketones (excluding diaryl/α,β-unsaturated/α-hetero) is 1. The highest BCUT2D eigenvalue weighted by Gasteiger charge is 2.32. The molecule has 0 radical (unpaired) electrons. The Bertz CT molecular complexity index is 530. The van der Waals surface area contributed by atoms with Crippen molar-refractivity contribution in [1.29, 1.82) is 0 Å². The topological polar surface area (TPSA) is 81.3 Å². The molecule has 0 bridgehead atoms. The minimum Gasteiger partial charge on any atom is -0.351 e. The van der Waals surface area contributed by atoms with Crippen LogP contribution in [0, 0.1) is 16.0 Å². The molecule has 0 aromatic carbocycles. The Morgan fingerprint density at radius 1 is 1.45 bits per heavy atom. The van der Waals surface area contributed by atoms with E-state index in [1.165, 1.54) is 0 Å². The Hall–Kier alpha value is -1.92. The van der Waals surface area contributed by atoms with Crippen molar-refractivity contribution < 1.29 is 9.72 Å². The maximum Gasteiger partial charge on any atom is 0.334 e. The van der Waals surface area contributed by atoms with Crippen LogP contribution in [-0.4, -0.2) is 33.6 Å². The number of hydrogen-bond acceptors (Lipinski definition) is 5. The van der Waals surface area contributed by atoms with Gasteiger partial charge in [-0.2, -0.15) is 5.10 Å². The van der Waals surface area contributed by atoms with Crippen molar-refractivity contribution in [1.82, 2.24) is 9.78 Å². The average Bonchev–Trinajstić information content (AvgIpc) is 2.75. The predicted octanol–water partition coefficient (Wildman–Crippen LogP) is 1.70. The standard InChI is InChI=1S/C13H20N4O3/c1-4-11-12(17(19)20)13(15(3)14-11)16-7-5-10(6-8-16)9(2)18/h10H,4-8H2,1-3H3. The van der Waals surface area contributed by atoms with Gasteiger partial charge in [-0.25, -0.2) is 4.68 Å². The second-order valence-corrected chi connectivity index (χ2v) is 5.23. The van der Waals surface area contributed by atoms with Gasteiger partial charge in [0.2, 0.25) is 5.82 Å². The largest absolute Gasteiger partial charge is 0.351 e. The van der Waals surface area contributed by atoms with Gasteiger partial charge in [0, 0.05) is 26.1 Å². The quantitative estimate of drug-likeness (QED) is 0.619. The highest BCUT2D eigenvalue weighted by molar-refractivity contribution is 5.78. The molecular formula is C13H20N4O3. The second-order valence-electron chi connectivity index (χ2n) is 5.23. The summed E-state index contributed by atoms with van der Waals surface area (Å²) in [5.41, 5.74) is 0.623. The summed E-state index contributed by atoms with van der Waals surface area (Å²) in [6, 6.07) is 0. The van der Waals surface area contributed by atoms with Gasteiger partial charge in [0.05, 0.1) is 4.92 Å². The number of nitro groups is 1. The van der Waals surface area contributed by atoms with Crippen LogP contribution >= 0.6 is 0 Å². The first-order valence-electron chi connectivity index (χ1n) is 6.91. The smallest absolute Gasteiger partial charge is 0.334 e. The molecule has 0 saturated carbocycles. The summed E-state index contributed by atoms with van der Waals surface area (Å²) in [6.07, 6.45) is 2.03. The van der Waals surface area contributed by atoms with Gasteiger partial charge in [0.15, 0.2) is 0 Å². The molecule has 0 spiro atoms. The zero-order valence-electron chi connectivity index (χ0n) is 12.1. The molecule has 0 amide bonds. The Balaban J connectivity index is 2.28. The van der Waals surface area contributed by atoms with E-state index >= 15 is 0 Å². The molecular weight excluding hydrogens is 260 g/mol. The predicted molar refractivity (Wildman–Crippen MR) is 74.9 cm³/mol. The van der Waals surface area contributed by atoms with Crippen LogP contribution < -0.4 is 4.90 Å². The number of ketones is 1. The van der Waals surface area contributed by atoms with Crippen LogP contribution in [0.5, 0.6) is 0 Å². The van der Waals surface area contributed by atoms with E-state index in [9.17, 15) is 14.9 Å². The molecule has 1 aromatic heterocycles. The molecule has 1 aromatic rings. The van der Waals surface area contributed by atoms with E-state index < -0.39 is 0 Å². The van der Waals surface area contributed by atoms with Crippen molar-refractivity contribution in [3.05, 3.63) is 15.8 Å². The van der Waals surface area contributed by atoms with Crippen molar-refractivity contribution in [3.63, 3.8) is 0 Å². The summed E-state index contributed by atoms with van der Waals surface area (Å²) in [6.45, 7) is 4.80. The molecule has 110 valence electrons. The fourth-order valence-electron chi connectivity index (χ4n) is 2.84. The van der Waals surface area contributed by atoms with Gasteiger partial charge in [-0.1, -0.05) is 6.92 Å². The molecule has 1 saturated heterocycles. The van der Waals surface area contributed by atoms with E-state index in [1.807, 2.05) is 11.8 Å². The van der Waals surface area contributed by atoms with E-state index in [4.69, 9.17) is 0 Å². The lowest BCUT2D eigenvalue weighted by Crippen LogP contribution is -2.37. The molecule has 20 heavy (non-hydrogen) atoms. The number of anilines is 1. The van der Waals surface area contributed by atoms with E-state index in [-0.39, 0.29) is 22.3 Å². The molecule has 7 heteroatoms. The summed E-state index contributed by atoms with van der Waals surface area (Å²) in [5.74, 6) is 0.858. The fraction of sp³-hybridized carbons (Fsp3) is 0.692. The molecule has 2 heterocycles. The molecule has 0 atom stereocenters. The monoisotopic (exact) mass is 280 g/mol. The number of carbonyl (C=O) groups is 1. The maximum absolute atomic E-state index is 11.4. The Morgan fingerprint density at radius 3 is 2.50 bits per heavy atom. The van der Waals surface area contributed by atoms with E-state index in [1.54, 1.807) is 18.7 Å². The SMILES string of the molecule is CCc1nn(C)c(N2CCC(C(C)=O)CC2)c1[N+](=O)[O-]. The first-order valence-corrected chi connectivity index (χ1v) is 6.91. The highest BCUT2D eigenvalue weighted by atomic mass is 16.6. The number of piperidine rings is 1. The molecule has 7 nitrogen and oxygen atoms in total. The lowest BCUT2D eigenvalue weighted by atomic mass is 9.93. The minimum atomic E-state index is -0.349. The third kappa shape index (κ3) is 2.52. The van der Waals surface area contributed by atoms with Gasteiger partial charge in [-0.05, 0) is 26.2 Å². The number of nitrogens with zero attached hydrogens (tertiary/aromatic N) is 4. The molecule has 1 fully saturated rings. The van der Waals surface area contributed by atoms with Crippen LogP contribution in [-0.2, 0) is 18.3 Å². The molecule has 0 aliphatic carbocycles. The summed E-state index contributed by atoms with van der Waals surface area (Å²) in [7, 11) is 1.73. The Labute approximate surface area is 117 Å². The van der Waals surface area contributed by atoms with E-state index in [0.29, 0.717) is 31.0 Å². The molecule has 0 N–H and O–H groups in total. The third-order valence-corrected chi connectivity index (χ3v) is 3.95. The minimum absolute atomic E-state index is 0.0872. The zero-order valence-corrected chi connectivity index (χ0v) is 12.1. The van der Waals surface area contributed by atoms with Crippen LogP contribution in [0.4, 0.5) is 11.5 Å². The summed E-state index contributed by atoms with van der Waals surface area (Å²) >= 11 is 0. The summed E-state index contributed by atoms with van der Waals surface area (Å²) in [5, 5.41) is 15.5. The number of rotatable bonds is 4. The van der Waals surface area contributed by atoms with Gasteiger partial charge >= 0.3 is 5.69 Å². The van der Waals surface area contributed by atoms with Crippen molar-refractivity contribution in [2.75, 3.05) is 18.0 Å². The van der Waals surface area contributed by atoms with Crippen LogP contribution in [0.25, 0.3) is 0 Å². The Kier molecular flexibility index (Phi) is 4.06. The second kappa shape index (κ2) is 5.60. The normalized spacial score (nSPS) is 16.4. The first kappa shape index (κ1) is 14.5. The highest BCUT2D eigenvalue weighted by Crippen LogP contribution is 2.34. The number of aromatic nitrogens is 2. The van der Waals surface area contributed by atoms with E-state index in [0.717, 1.165) is 12.8 Å². The molecule has 2 rings (SSSR count). The van der Waals surface area contributed by atoms with Crippen LogP contribution in [0.15, 0.2) is 0 Å². The molecule has 1 aliphatic rings. The fourth-order valence-corrected chi connectivity index (χ4v) is 2.84. The molecule has 0 unspecified atom stereocenters. The molecule has 1 aliphatic heterocycles. The average molecular weight is 280 g/mol. The number of hydrogen-bond donors (Lipinski definition) is 0. The van der Waals surface area contributed by atoms with Gasteiger partial charge in [0.25, 0.3) is 0 Å².